The van der Waals surface area contributed by atoms with Crippen molar-refractivity contribution in [2.75, 3.05) is 6.61 Å². The van der Waals surface area contributed by atoms with Gasteiger partial charge in [0.2, 0.25) is 0 Å². The van der Waals surface area contributed by atoms with Crippen LogP contribution in [0.2, 0.25) is 0 Å². The van der Waals surface area contributed by atoms with Gasteiger partial charge in [0.25, 0.3) is 0 Å². The first-order valence-electron chi connectivity index (χ1n) is 4.75. The number of aryl methyl sites for hydroxylation is 1. The Labute approximate surface area is 83.3 Å². The van der Waals surface area contributed by atoms with E-state index in [4.69, 9.17) is 4.74 Å². The van der Waals surface area contributed by atoms with Gasteiger partial charge in [0.1, 0.15) is 0 Å². The monoisotopic (exact) mass is 199 g/mol. The van der Waals surface area contributed by atoms with E-state index < -0.39 is 0 Å². The Morgan fingerprint density at radius 2 is 2.07 bits per heavy atom. The van der Waals surface area contributed by atoms with Gasteiger partial charge in [0.05, 0.1) is 6.61 Å². The largest absolute Gasteiger partial charge is 0.464 e. The molecule has 0 saturated heterocycles. The van der Waals surface area contributed by atoms with Crippen molar-refractivity contribution < 1.29 is 4.74 Å². The molecule has 1 aromatic heterocycles. The van der Waals surface area contributed by atoms with Gasteiger partial charge >= 0.3 is 11.7 Å². The Balaban J connectivity index is 2.59. The molecule has 0 aliphatic rings. The molecule has 0 fully saturated rings. The van der Waals surface area contributed by atoms with E-state index in [0.717, 1.165) is 6.42 Å². The van der Waals surface area contributed by atoms with Crippen LogP contribution in [0.25, 0.3) is 0 Å². The summed E-state index contributed by atoms with van der Waals surface area (Å²) in [6, 6.07) is 0.387. The van der Waals surface area contributed by atoms with Crippen LogP contribution >= 0.6 is 0 Å². The maximum absolute atomic E-state index is 11.3. The summed E-state index contributed by atoms with van der Waals surface area (Å²) in [6.07, 6.45) is 0.963. The van der Waals surface area contributed by atoms with Crippen LogP contribution < -0.4 is 10.4 Å². The van der Waals surface area contributed by atoms with Crippen LogP contribution in [0.15, 0.2) is 4.79 Å². The quantitative estimate of drug-likeness (QED) is 0.711. The minimum Gasteiger partial charge on any atom is -0.464 e. The Hall–Kier alpha value is -1.26. The van der Waals surface area contributed by atoms with Crippen LogP contribution in [0.3, 0.4) is 0 Å². The topological polar surface area (TPSA) is 49.1 Å². The maximum atomic E-state index is 11.3. The van der Waals surface area contributed by atoms with Crippen molar-refractivity contribution in [3.8, 4) is 6.01 Å². The van der Waals surface area contributed by atoms with Crippen LogP contribution in [-0.4, -0.2) is 21.0 Å². The van der Waals surface area contributed by atoms with Crippen molar-refractivity contribution in [1.82, 2.24) is 14.3 Å². The lowest BCUT2D eigenvalue weighted by Crippen LogP contribution is -2.20. The fourth-order valence-corrected chi connectivity index (χ4v) is 1.05. The second-order valence-corrected chi connectivity index (χ2v) is 3.78. The molecule has 0 aliphatic heterocycles. The molecule has 0 spiro atoms. The van der Waals surface area contributed by atoms with E-state index in [-0.39, 0.29) is 5.69 Å². The summed E-state index contributed by atoms with van der Waals surface area (Å²) in [7, 11) is 3.26. The summed E-state index contributed by atoms with van der Waals surface area (Å²) >= 11 is 0. The maximum Gasteiger partial charge on any atom is 0.348 e. The third-order valence-electron chi connectivity index (χ3n) is 2.01. The molecule has 0 amide bonds. The molecule has 1 rings (SSSR count). The van der Waals surface area contributed by atoms with Crippen molar-refractivity contribution in [3.05, 3.63) is 10.5 Å². The average molecular weight is 199 g/mol. The first kappa shape index (κ1) is 10.8. The van der Waals surface area contributed by atoms with Crippen LogP contribution in [0.4, 0.5) is 0 Å². The highest BCUT2D eigenvalue weighted by Crippen LogP contribution is 2.04. The Kier molecular flexibility index (Phi) is 3.33. The standard InChI is InChI=1S/C9H17N3O2/c1-7(2)5-6-14-8-10-12(4)9(13)11(8)3/h7H,5-6H2,1-4H3. The number of nitrogens with zero attached hydrogens (tertiary/aromatic N) is 3. The van der Waals surface area contributed by atoms with Gasteiger partial charge in [0, 0.05) is 14.1 Å². The first-order valence-corrected chi connectivity index (χ1v) is 4.75. The van der Waals surface area contributed by atoms with Gasteiger partial charge in [-0.3, -0.25) is 0 Å². The molecular weight excluding hydrogens is 182 g/mol. The molecule has 14 heavy (non-hydrogen) atoms. The van der Waals surface area contributed by atoms with E-state index in [1.54, 1.807) is 14.1 Å². The smallest absolute Gasteiger partial charge is 0.348 e. The Bertz CT molecular complexity index is 351. The normalized spacial score (nSPS) is 10.9. The average Bonchev–Trinajstić information content (AvgIpc) is 2.33. The van der Waals surface area contributed by atoms with E-state index in [0.29, 0.717) is 18.5 Å². The summed E-state index contributed by atoms with van der Waals surface area (Å²) in [5.41, 5.74) is -0.162. The molecule has 1 heterocycles. The zero-order chi connectivity index (χ0) is 10.7. The van der Waals surface area contributed by atoms with Crippen molar-refractivity contribution in [1.29, 1.82) is 0 Å². The van der Waals surface area contributed by atoms with E-state index in [2.05, 4.69) is 18.9 Å². The molecule has 0 aliphatic carbocycles. The molecule has 1 aromatic rings. The van der Waals surface area contributed by atoms with Crippen molar-refractivity contribution >= 4 is 0 Å². The highest BCUT2D eigenvalue weighted by molar-refractivity contribution is 4.91. The number of rotatable bonds is 4. The number of hydrogen-bond acceptors (Lipinski definition) is 3. The summed E-state index contributed by atoms with van der Waals surface area (Å²) in [5, 5.41) is 3.95. The van der Waals surface area contributed by atoms with Gasteiger partial charge in [0.15, 0.2) is 0 Å². The van der Waals surface area contributed by atoms with Crippen molar-refractivity contribution in [2.45, 2.75) is 20.3 Å². The molecule has 5 nitrogen and oxygen atoms in total. The van der Waals surface area contributed by atoms with Gasteiger partial charge in [-0.2, -0.15) is 0 Å². The molecule has 0 unspecified atom stereocenters. The zero-order valence-electron chi connectivity index (χ0n) is 9.15. The number of aromatic nitrogens is 3. The van der Waals surface area contributed by atoms with Crippen LogP contribution in [0.5, 0.6) is 6.01 Å². The molecule has 0 bridgehead atoms. The fourth-order valence-electron chi connectivity index (χ4n) is 1.05. The SMILES string of the molecule is CC(C)CCOc1nn(C)c(=O)n1C. The predicted octanol–water partition coefficient (Wildman–Crippen LogP) is 0.544. The lowest BCUT2D eigenvalue weighted by atomic mass is 10.1. The number of ether oxygens (including phenoxy) is 1. The van der Waals surface area contributed by atoms with Gasteiger partial charge in [-0.05, 0) is 12.3 Å². The summed E-state index contributed by atoms with van der Waals surface area (Å²) in [4.78, 5) is 11.3. The molecule has 5 heteroatoms. The first-order chi connectivity index (χ1) is 6.52. The zero-order valence-corrected chi connectivity index (χ0v) is 9.15. The van der Waals surface area contributed by atoms with E-state index in [9.17, 15) is 4.79 Å². The lowest BCUT2D eigenvalue weighted by Gasteiger charge is -2.05. The second-order valence-electron chi connectivity index (χ2n) is 3.78. The predicted molar refractivity (Wildman–Crippen MR) is 53.4 cm³/mol. The highest BCUT2D eigenvalue weighted by atomic mass is 16.5. The van der Waals surface area contributed by atoms with Crippen LogP contribution in [-0.2, 0) is 14.1 Å². The molecule has 0 radical (unpaired) electrons. The minimum absolute atomic E-state index is 0.162. The van der Waals surface area contributed by atoms with Gasteiger partial charge in [-0.1, -0.05) is 13.8 Å². The Morgan fingerprint density at radius 1 is 1.43 bits per heavy atom. The molecule has 0 aromatic carbocycles. The van der Waals surface area contributed by atoms with Gasteiger partial charge < -0.3 is 4.74 Å². The van der Waals surface area contributed by atoms with Gasteiger partial charge in [-0.15, -0.1) is 5.10 Å². The van der Waals surface area contributed by atoms with E-state index in [1.165, 1.54) is 9.25 Å². The molecule has 0 atom stereocenters. The van der Waals surface area contributed by atoms with Crippen molar-refractivity contribution in [2.24, 2.45) is 20.0 Å². The lowest BCUT2D eigenvalue weighted by molar-refractivity contribution is 0.258. The van der Waals surface area contributed by atoms with E-state index in [1.807, 2.05) is 0 Å². The third kappa shape index (κ3) is 2.37. The summed E-state index contributed by atoms with van der Waals surface area (Å²) in [5.74, 6) is 0.593. The molecular formula is C9H17N3O2. The van der Waals surface area contributed by atoms with Crippen LogP contribution in [0.1, 0.15) is 20.3 Å². The fraction of sp³-hybridized carbons (Fsp3) is 0.778. The van der Waals surface area contributed by atoms with E-state index >= 15 is 0 Å². The van der Waals surface area contributed by atoms with Gasteiger partial charge in [-0.25, -0.2) is 14.0 Å². The molecule has 0 N–H and O–H groups in total. The summed E-state index contributed by atoms with van der Waals surface area (Å²) < 4.78 is 8.05. The number of hydrogen-bond donors (Lipinski definition) is 0. The van der Waals surface area contributed by atoms with Crippen molar-refractivity contribution in [3.63, 3.8) is 0 Å². The Morgan fingerprint density at radius 3 is 2.50 bits per heavy atom. The highest BCUT2D eigenvalue weighted by Gasteiger charge is 2.07. The second kappa shape index (κ2) is 4.30. The summed E-state index contributed by atoms with van der Waals surface area (Å²) in [6.45, 7) is 4.85. The third-order valence-corrected chi connectivity index (χ3v) is 2.01. The minimum atomic E-state index is -0.162. The molecule has 80 valence electrons. The molecule has 0 saturated carbocycles. The van der Waals surface area contributed by atoms with Crippen LogP contribution in [0, 0.1) is 5.92 Å².